The molecule has 0 aromatic heterocycles. The molecule has 1 aromatic carbocycles. The molecular weight excluding hydrogens is 300 g/mol. The van der Waals surface area contributed by atoms with Crippen molar-refractivity contribution in [2.75, 3.05) is 17.1 Å². The van der Waals surface area contributed by atoms with Crippen LogP contribution in [0.2, 0.25) is 0 Å². The second-order valence-electron chi connectivity index (χ2n) is 5.32. The second kappa shape index (κ2) is 8.78. The van der Waals surface area contributed by atoms with Gasteiger partial charge < -0.3 is 5.32 Å². The van der Waals surface area contributed by atoms with E-state index >= 15 is 0 Å². The summed E-state index contributed by atoms with van der Waals surface area (Å²) < 4.78 is 25.5. The molecule has 1 rings (SSSR count). The zero-order valence-electron chi connectivity index (χ0n) is 13.6. The van der Waals surface area contributed by atoms with Crippen molar-refractivity contribution < 1.29 is 13.2 Å². The van der Waals surface area contributed by atoms with Gasteiger partial charge in [0.25, 0.3) is 0 Å². The van der Waals surface area contributed by atoms with Crippen LogP contribution in [-0.2, 0) is 14.8 Å². The van der Waals surface area contributed by atoms with E-state index in [1.54, 1.807) is 24.3 Å². The SMILES string of the molecule is CCCCCNC(=O)C(CC)N(c1ccccc1)S(C)(=O)=O. The minimum atomic E-state index is -3.54. The van der Waals surface area contributed by atoms with Crippen LogP contribution in [-0.4, -0.2) is 33.2 Å². The summed E-state index contributed by atoms with van der Waals surface area (Å²) in [5, 5.41) is 2.85. The summed E-state index contributed by atoms with van der Waals surface area (Å²) >= 11 is 0. The van der Waals surface area contributed by atoms with Crippen molar-refractivity contribution >= 4 is 21.6 Å². The van der Waals surface area contributed by atoms with Crippen LogP contribution in [0.1, 0.15) is 39.5 Å². The van der Waals surface area contributed by atoms with Gasteiger partial charge in [-0.05, 0) is 25.0 Å². The van der Waals surface area contributed by atoms with Gasteiger partial charge in [-0.2, -0.15) is 0 Å². The lowest BCUT2D eigenvalue weighted by Gasteiger charge is -2.30. The maximum Gasteiger partial charge on any atom is 0.243 e. The number of benzene rings is 1. The molecule has 0 aliphatic heterocycles. The highest BCUT2D eigenvalue weighted by Gasteiger charge is 2.30. The summed E-state index contributed by atoms with van der Waals surface area (Å²) in [6, 6.07) is 8.02. The molecule has 0 bridgehead atoms. The van der Waals surface area contributed by atoms with Crippen molar-refractivity contribution in [3.8, 4) is 0 Å². The molecule has 22 heavy (non-hydrogen) atoms. The smallest absolute Gasteiger partial charge is 0.243 e. The predicted octanol–water partition coefficient (Wildman–Crippen LogP) is 2.54. The number of carbonyl (C=O) groups is 1. The van der Waals surface area contributed by atoms with Gasteiger partial charge in [-0.15, -0.1) is 0 Å². The lowest BCUT2D eigenvalue weighted by atomic mass is 10.2. The molecule has 0 radical (unpaired) electrons. The molecule has 0 fully saturated rings. The first kappa shape index (κ1) is 18.5. The lowest BCUT2D eigenvalue weighted by molar-refractivity contribution is -0.122. The summed E-state index contributed by atoms with van der Waals surface area (Å²) in [6.45, 7) is 4.49. The Labute approximate surface area is 133 Å². The zero-order valence-corrected chi connectivity index (χ0v) is 14.4. The first-order valence-electron chi connectivity index (χ1n) is 7.74. The quantitative estimate of drug-likeness (QED) is 0.709. The Bertz CT molecular complexity index is 558. The van der Waals surface area contributed by atoms with Gasteiger partial charge in [0.2, 0.25) is 15.9 Å². The Balaban J connectivity index is 2.93. The van der Waals surface area contributed by atoms with Crippen molar-refractivity contribution in [2.24, 2.45) is 0 Å². The molecule has 1 atom stereocenters. The third-order valence-corrected chi connectivity index (χ3v) is 4.60. The van der Waals surface area contributed by atoms with E-state index < -0.39 is 16.1 Å². The molecule has 1 unspecified atom stereocenters. The van der Waals surface area contributed by atoms with Gasteiger partial charge >= 0.3 is 0 Å². The van der Waals surface area contributed by atoms with Crippen LogP contribution in [0.3, 0.4) is 0 Å². The van der Waals surface area contributed by atoms with Gasteiger partial charge in [0.05, 0.1) is 11.9 Å². The fourth-order valence-corrected chi connectivity index (χ4v) is 3.55. The summed E-state index contributed by atoms with van der Waals surface area (Å²) in [7, 11) is -3.54. The van der Waals surface area contributed by atoms with Crippen LogP contribution < -0.4 is 9.62 Å². The minimum Gasteiger partial charge on any atom is -0.354 e. The van der Waals surface area contributed by atoms with Gasteiger partial charge in [-0.3, -0.25) is 9.10 Å². The second-order valence-corrected chi connectivity index (χ2v) is 7.18. The molecule has 124 valence electrons. The van der Waals surface area contributed by atoms with Gasteiger partial charge in [-0.25, -0.2) is 8.42 Å². The monoisotopic (exact) mass is 326 g/mol. The summed E-state index contributed by atoms with van der Waals surface area (Å²) in [4.78, 5) is 12.4. The fourth-order valence-electron chi connectivity index (χ4n) is 2.34. The Kier molecular flexibility index (Phi) is 7.38. The Morgan fingerprint density at radius 3 is 2.32 bits per heavy atom. The highest BCUT2D eigenvalue weighted by Crippen LogP contribution is 2.21. The molecule has 0 aliphatic carbocycles. The normalized spacial score (nSPS) is 12.7. The molecule has 0 aliphatic rings. The molecule has 6 heteroatoms. The van der Waals surface area contributed by atoms with Crippen molar-refractivity contribution in [3.05, 3.63) is 30.3 Å². The number of nitrogens with one attached hydrogen (secondary N) is 1. The third kappa shape index (κ3) is 5.33. The number of amides is 1. The zero-order chi connectivity index (χ0) is 16.6. The van der Waals surface area contributed by atoms with E-state index in [1.807, 2.05) is 13.0 Å². The van der Waals surface area contributed by atoms with Crippen molar-refractivity contribution in [3.63, 3.8) is 0 Å². The van der Waals surface area contributed by atoms with Gasteiger partial charge in [0, 0.05) is 6.54 Å². The number of nitrogens with zero attached hydrogens (tertiary/aromatic N) is 1. The van der Waals surface area contributed by atoms with Crippen LogP contribution in [0.4, 0.5) is 5.69 Å². The molecular formula is C16H26N2O3S. The number of unbranched alkanes of at least 4 members (excludes halogenated alkanes) is 2. The topological polar surface area (TPSA) is 66.5 Å². The van der Waals surface area contributed by atoms with Crippen molar-refractivity contribution in [1.29, 1.82) is 0 Å². The Morgan fingerprint density at radius 2 is 1.82 bits per heavy atom. The minimum absolute atomic E-state index is 0.243. The fraction of sp³-hybridized carbons (Fsp3) is 0.562. The van der Waals surface area contributed by atoms with E-state index in [1.165, 1.54) is 4.31 Å². The molecule has 0 heterocycles. The largest absolute Gasteiger partial charge is 0.354 e. The lowest BCUT2D eigenvalue weighted by Crippen LogP contribution is -2.49. The van der Waals surface area contributed by atoms with Crippen LogP contribution in [0, 0.1) is 0 Å². The molecule has 0 spiro atoms. The van der Waals surface area contributed by atoms with E-state index in [2.05, 4.69) is 12.2 Å². The van der Waals surface area contributed by atoms with Crippen molar-refractivity contribution in [1.82, 2.24) is 5.32 Å². The van der Waals surface area contributed by atoms with E-state index in [0.717, 1.165) is 25.5 Å². The molecule has 5 nitrogen and oxygen atoms in total. The molecule has 0 saturated heterocycles. The number of para-hydroxylation sites is 1. The molecule has 1 N–H and O–H groups in total. The number of anilines is 1. The van der Waals surface area contributed by atoms with Crippen LogP contribution in [0.25, 0.3) is 0 Å². The number of sulfonamides is 1. The van der Waals surface area contributed by atoms with Crippen molar-refractivity contribution in [2.45, 2.75) is 45.6 Å². The van der Waals surface area contributed by atoms with Gasteiger partial charge in [0.1, 0.15) is 6.04 Å². The molecule has 0 saturated carbocycles. The Morgan fingerprint density at radius 1 is 1.18 bits per heavy atom. The van der Waals surface area contributed by atoms with Gasteiger partial charge in [0.15, 0.2) is 0 Å². The highest BCUT2D eigenvalue weighted by atomic mass is 32.2. The summed E-state index contributed by atoms with van der Waals surface area (Å²) in [5.74, 6) is -0.243. The van der Waals surface area contributed by atoms with E-state index in [9.17, 15) is 13.2 Å². The van der Waals surface area contributed by atoms with Gasteiger partial charge in [-0.1, -0.05) is 44.9 Å². The maximum atomic E-state index is 12.4. The number of hydrogen-bond donors (Lipinski definition) is 1. The van der Waals surface area contributed by atoms with E-state index in [-0.39, 0.29) is 5.91 Å². The third-order valence-electron chi connectivity index (χ3n) is 3.42. The van der Waals surface area contributed by atoms with Crippen LogP contribution in [0.15, 0.2) is 30.3 Å². The molecule has 1 aromatic rings. The first-order valence-corrected chi connectivity index (χ1v) is 9.58. The molecule has 1 amide bonds. The average Bonchev–Trinajstić information content (AvgIpc) is 2.48. The number of rotatable bonds is 9. The number of carbonyl (C=O) groups excluding carboxylic acids is 1. The van der Waals surface area contributed by atoms with E-state index in [4.69, 9.17) is 0 Å². The highest BCUT2D eigenvalue weighted by molar-refractivity contribution is 7.92. The summed E-state index contributed by atoms with van der Waals surface area (Å²) in [6.07, 6.45) is 4.58. The van der Waals surface area contributed by atoms with E-state index in [0.29, 0.717) is 18.7 Å². The standard InChI is InChI=1S/C16H26N2O3S/c1-4-6-10-13-17-16(19)15(5-2)18(22(3,20)21)14-11-8-7-9-12-14/h7-9,11-12,15H,4-6,10,13H2,1-3H3,(H,17,19). The van der Waals surface area contributed by atoms with Crippen LogP contribution >= 0.6 is 0 Å². The predicted molar refractivity (Wildman–Crippen MR) is 90.4 cm³/mol. The summed E-state index contributed by atoms with van der Waals surface area (Å²) in [5.41, 5.74) is 0.514. The Hall–Kier alpha value is -1.56. The average molecular weight is 326 g/mol. The maximum absolute atomic E-state index is 12.4. The van der Waals surface area contributed by atoms with Crippen LogP contribution in [0.5, 0.6) is 0 Å². The number of hydrogen-bond acceptors (Lipinski definition) is 3. The first-order chi connectivity index (χ1) is 10.4.